The molecular weight excluding hydrogens is 255 g/mol. The van der Waals surface area contributed by atoms with Crippen molar-refractivity contribution in [2.45, 2.75) is 24.3 Å². The van der Waals surface area contributed by atoms with Crippen LogP contribution in [0.1, 0.15) is 12.0 Å². The first-order valence-corrected chi connectivity index (χ1v) is 7.32. The van der Waals surface area contributed by atoms with E-state index < -0.39 is 15.8 Å². The number of nitrogens with zero attached hydrogens (tertiary/aromatic N) is 1. The molecule has 0 aliphatic carbocycles. The molecule has 1 aromatic rings. The Morgan fingerprint density at radius 1 is 1.44 bits per heavy atom. The smallest absolute Gasteiger partial charge is 0.243 e. The van der Waals surface area contributed by atoms with Crippen LogP contribution in [0.15, 0.2) is 23.1 Å². The van der Waals surface area contributed by atoms with Crippen molar-refractivity contribution in [3.05, 3.63) is 29.6 Å². The Morgan fingerprint density at radius 3 is 2.78 bits per heavy atom. The molecule has 1 atom stereocenters. The summed E-state index contributed by atoms with van der Waals surface area (Å²) in [5.41, 5.74) is 0.573. The molecule has 1 unspecified atom stereocenters. The van der Waals surface area contributed by atoms with E-state index in [9.17, 15) is 12.8 Å². The molecule has 2 rings (SSSR count). The number of rotatable bonds is 3. The summed E-state index contributed by atoms with van der Waals surface area (Å²) in [6.07, 6.45) is 0.782. The highest BCUT2D eigenvalue weighted by molar-refractivity contribution is 7.89. The zero-order chi connectivity index (χ0) is 13.3. The van der Waals surface area contributed by atoms with Crippen molar-refractivity contribution < 1.29 is 12.8 Å². The van der Waals surface area contributed by atoms with Crippen LogP contribution >= 0.6 is 0 Å². The summed E-state index contributed by atoms with van der Waals surface area (Å²) in [4.78, 5) is 0.0688. The van der Waals surface area contributed by atoms with Crippen LogP contribution in [-0.4, -0.2) is 38.9 Å². The van der Waals surface area contributed by atoms with Crippen molar-refractivity contribution in [3.8, 4) is 0 Å². The van der Waals surface area contributed by atoms with E-state index in [1.54, 1.807) is 6.92 Å². The molecule has 0 amide bonds. The highest BCUT2D eigenvalue weighted by atomic mass is 32.2. The Bertz CT molecular complexity index is 545. The fraction of sp³-hybridized carbons (Fsp3) is 0.500. The molecule has 6 heteroatoms. The summed E-state index contributed by atoms with van der Waals surface area (Å²) in [5, 5.41) is 3.06. The maximum absolute atomic E-state index is 13.2. The number of benzene rings is 1. The fourth-order valence-electron chi connectivity index (χ4n) is 2.17. The third-order valence-electron chi connectivity index (χ3n) is 3.33. The van der Waals surface area contributed by atoms with Gasteiger partial charge in [0.1, 0.15) is 5.82 Å². The fourth-order valence-corrected chi connectivity index (χ4v) is 3.91. The van der Waals surface area contributed by atoms with Crippen LogP contribution < -0.4 is 5.32 Å². The van der Waals surface area contributed by atoms with Gasteiger partial charge in [0, 0.05) is 19.1 Å². The number of halogens is 1. The van der Waals surface area contributed by atoms with Crippen molar-refractivity contribution in [2.24, 2.45) is 0 Å². The van der Waals surface area contributed by atoms with E-state index in [4.69, 9.17) is 0 Å². The Labute approximate surface area is 107 Å². The van der Waals surface area contributed by atoms with E-state index in [1.165, 1.54) is 16.4 Å². The minimum absolute atomic E-state index is 0.0688. The molecular formula is C12H17FN2O2S. The van der Waals surface area contributed by atoms with E-state index in [0.29, 0.717) is 18.7 Å². The van der Waals surface area contributed by atoms with Gasteiger partial charge in [0.25, 0.3) is 0 Å². The molecule has 18 heavy (non-hydrogen) atoms. The predicted octanol–water partition coefficient (Wildman–Crippen LogP) is 1.12. The first-order chi connectivity index (χ1) is 8.45. The maximum Gasteiger partial charge on any atom is 0.243 e. The van der Waals surface area contributed by atoms with Crippen LogP contribution in [0.3, 0.4) is 0 Å². The Hall–Kier alpha value is -0.980. The molecule has 4 nitrogen and oxygen atoms in total. The summed E-state index contributed by atoms with van der Waals surface area (Å²) < 4.78 is 39.4. The van der Waals surface area contributed by atoms with Crippen LogP contribution in [-0.2, 0) is 10.0 Å². The minimum atomic E-state index is -3.58. The molecule has 1 heterocycles. The molecule has 1 aliphatic rings. The zero-order valence-corrected chi connectivity index (χ0v) is 11.3. The summed E-state index contributed by atoms with van der Waals surface area (Å²) in [6.45, 7) is 2.59. The van der Waals surface area contributed by atoms with E-state index >= 15 is 0 Å². The predicted molar refractivity (Wildman–Crippen MR) is 67.4 cm³/mol. The molecule has 0 aromatic heterocycles. The van der Waals surface area contributed by atoms with Gasteiger partial charge in [-0.15, -0.1) is 0 Å². The lowest BCUT2D eigenvalue weighted by Gasteiger charge is -2.18. The quantitative estimate of drug-likeness (QED) is 0.897. The Balaban J connectivity index is 2.34. The molecule has 1 N–H and O–H groups in total. The summed E-state index contributed by atoms with van der Waals surface area (Å²) >= 11 is 0. The highest BCUT2D eigenvalue weighted by Crippen LogP contribution is 2.24. The highest BCUT2D eigenvalue weighted by Gasteiger charge is 2.32. The second-order valence-electron chi connectivity index (χ2n) is 4.55. The molecule has 0 bridgehead atoms. The second kappa shape index (κ2) is 4.95. The third kappa shape index (κ3) is 2.41. The van der Waals surface area contributed by atoms with Gasteiger partial charge in [-0.25, -0.2) is 12.8 Å². The standard InChI is InChI=1S/C12H17FN2O2S/c1-9-3-4-10(13)7-12(9)18(16,17)15-6-5-11(8-15)14-2/h3-4,7,11,14H,5-6,8H2,1-2H3. The van der Waals surface area contributed by atoms with Crippen LogP contribution in [0, 0.1) is 12.7 Å². The molecule has 1 saturated heterocycles. The van der Waals surface area contributed by atoms with Gasteiger partial charge in [-0.3, -0.25) is 0 Å². The molecule has 1 aromatic carbocycles. The zero-order valence-electron chi connectivity index (χ0n) is 10.5. The van der Waals surface area contributed by atoms with Gasteiger partial charge in [-0.05, 0) is 38.1 Å². The SMILES string of the molecule is CNC1CCN(S(=O)(=O)c2cc(F)ccc2C)C1. The lowest BCUT2D eigenvalue weighted by molar-refractivity contribution is 0.463. The first kappa shape index (κ1) is 13.5. The lowest BCUT2D eigenvalue weighted by Crippen LogP contribution is -2.33. The maximum atomic E-state index is 13.2. The lowest BCUT2D eigenvalue weighted by atomic mass is 10.2. The van der Waals surface area contributed by atoms with Gasteiger partial charge in [0.2, 0.25) is 10.0 Å². The van der Waals surface area contributed by atoms with E-state index in [2.05, 4.69) is 5.32 Å². The summed E-state index contributed by atoms with van der Waals surface area (Å²) in [7, 11) is -1.77. The van der Waals surface area contributed by atoms with Gasteiger partial charge in [-0.2, -0.15) is 4.31 Å². The van der Waals surface area contributed by atoms with Gasteiger partial charge < -0.3 is 5.32 Å². The van der Waals surface area contributed by atoms with Crippen molar-refractivity contribution >= 4 is 10.0 Å². The van der Waals surface area contributed by atoms with E-state index in [0.717, 1.165) is 12.5 Å². The van der Waals surface area contributed by atoms with Gasteiger partial charge in [-0.1, -0.05) is 6.07 Å². The first-order valence-electron chi connectivity index (χ1n) is 5.88. The van der Waals surface area contributed by atoms with Crippen molar-refractivity contribution in [2.75, 3.05) is 20.1 Å². The van der Waals surface area contributed by atoms with Crippen LogP contribution in [0.2, 0.25) is 0 Å². The van der Waals surface area contributed by atoms with Crippen LogP contribution in [0.25, 0.3) is 0 Å². The van der Waals surface area contributed by atoms with Gasteiger partial charge >= 0.3 is 0 Å². The normalized spacial score (nSPS) is 21.4. The largest absolute Gasteiger partial charge is 0.316 e. The monoisotopic (exact) mass is 272 g/mol. The topological polar surface area (TPSA) is 49.4 Å². The van der Waals surface area contributed by atoms with E-state index in [-0.39, 0.29) is 10.9 Å². The Kier molecular flexibility index (Phi) is 3.70. The van der Waals surface area contributed by atoms with Crippen molar-refractivity contribution in [1.29, 1.82) is 0 Å². The van der Waals surface area contributed by atoms with E-state index in [1.807, 2.05) is 7.05 Å². The van der Waals surface area contributed by atoms with Gasteiger partial charge in [0.05, 0.1) is 4.90 Å². The number of hydrogen-bond donors (Lipinski definition) is 1. The number of hydrogen-bond acceptors (Lipinski definition) is 3. The summed E-state index contributed by atoms with van der Waals surface area (Å²) in [5.74, 6) is -0.525. The number of aryl methyl sites for hydroxylation is 1. The Morgan fingerprint density at radius 2 is 2.17 bits per heavy atom. The second-order valence-corrected chi connectivity index (χ2v) is 6.45. The van der Waals surface area contributed by atoms with Crippen LogP contribution in [0.4, 0.5) is 4.39 Å². The molecule has 1 aliphatic heterocycles. The molecule has 0 spiro atoms. The average molecular weight is 272 g/mol. The molecule has 1 fully saturated rings. The summed E-state index contributed by atoms with van der Waals surface area (Å²) in [6, 6.07) is 4.04. The molecule has 100 valence electrons. The van der Waals surface area contributed by atoms with Crippen molar-refractivity contribution in [3.63, 3.8) is 0 Å². The minimum Gasteiger partial charge on any atom is -0.316 e. The number of sulfonamides is 1. The van der Waals surface area contributed by atoms with Crippen LogP contribution in [0.5, 0.6) is 0 Å². The third-order valence-corrected chi connectivity index (χ3v) is 5.33. The molecule has 0 saturated carbocycles. The van der Waals surface area contributed by atoms with Crippen molar-refractivity contribution in [1.82, 2.24) is 9.62 Å². The average Bonchev–Trinajstić information content (AvgIpc) is 2.81. The number of nitrogens with one attached hydrogen (secondary N) is 1. The molecule has 0 radical (unpaired) electrons. The van der Waals surface area contributed by atoms with Gasteiger partial charge in [0.15, 0.2) is 0 Å². The number of likely N-dealkylation sites (N-methyl/N-ethyl adjacent to an activating group) is 1.